The van der Waals surface area contributed by atoms with E-state index in [2.05, 4.69) is 60.7 Å². The molecule has 0 bridgehead atoms. The van der Waals surface area contributed by atoms with E-state index in [9.17, 15) is 0 Å². The third-order valence-electron chi connectivity index (χ3n) is 8.61. The molecule has 0 radical (unpaired) electrons. The second-order valence-corrected chi connectivity index (χ2v) is 11.8. The summed E-state index contributed by atoms with van der Waals surface area (Å²) in [6, 6.07) is 52.9. The minimum Gasteiger partial charge on any atom is -0.436 e. The van der Waals surface area contributed by atoms with E-state index in [-0.39, 0.29) is 0 Å². The first-order chi connectivity index (χ1) is 24.3. The molecule has 9 rings (SSSR count). The van der Waals surface area contributed by atoms with Crippen molar-refractivity contribution in [2.24, 2.45) is 0 Å². The number of pyridine rings is 1. The van der Waals surface area contributed by atoms with Crippen LogP contribution in [0.2, 0.25) is 0 Å². The topological polar surface area (TPSA) is 77.6 Å². The molecule has 230 valence electrons. The molecule has 0 amide bonds. The van der Waals surface area contributed by atoms with Crippen molar-refractivity contribution in [3.8, 4) is 67.9 Å². The van der Waals surface area contributed by atoms with Gasteiger partial charge in [0.25, 0.3) is 0 Å². The minimum absolute atomic E-state index is 0.578. The Morgan fingerprint density at radius 3 is 1.55 bits per heavy atom. The first kappa shape index (κ1) is 28.4. The van der Waals surface area contributed by atoms with Crippen molar-refractivity contribution in [3.05, 3.63) is 164 Å². The Bertz CT molecular complexity index is 2520. The Hall–Kier alpha value is -6.79. The highest BCUT2D eigenvalue weighted by Crippen LogP contribution is 2.38. The molecule has 49 heavy (non-hydrogen) atoms. The summed E-state index contributed by atoms with van der Waals surface area (Å²) >= 11 is 0. The number of benzene rings is 6. The number of oxazole rings is 1. The molecule has 6 heteroatoms. The highest BCUT2D eigenvalue weighted by Gasteiger charge is 2.18. The average Bonchev–Trinajstić information content (AvgIpc) is 3.63. The lowest BCUT2D eigenvalue weighted by atomic mass is 9.95. The number of nitrogens with zero attached hydrogens (tertiary/aromatic N) is 5. The van der Waals surface area contributed by atoms with Gasteiger partial charge in [-0.05, 0) is 41.5 Å². The average molecular weight is 630 g/mol. The SMILES string of the molecule is c1ccc(-c2nc(-c3ccccc3)nc(-c3ccc(-c4cc(-c5cccc6cccnc56)cc5oc(-c6ccccc6)nc45)cc3)n2)cc1. The molecule has 0 fully saturated rings. The third kappa shape index (κ3) is 5.41. The van der Waals surface area contributed by atoms with Crippen LogP contribution in [-0.4, -0.2) is 24.9 Å². The second-order valence-electron chi connectivity index (χ2n) is 11.8. The monoisotopic (exact) mass is 629 g/mol. The maximum atomic E-state index is 6.44. The second kappa shape index (κ2) is 12.1. The van der Waals surface area contributed by atoms with Crippen LogP contribution in [0.1, 0.15) is 0 Å². The molecule has 0 aliphatic carbocycles. The fraction of sp³-hybridized carbons (Fsp3) is 0. The molecule has 0 atom stereocenters. The van der Waals surface area contributed by atoms with Crippen LogP contribution in [0.5, 0.6) is 0 Å². The standard InChI is InChI=1S/C43H27N5O/c1-4-12-30(13-5-1)40-46-41(31-14-6-2-7-15-31)48-42(47-40)32-23-21-28(22-24-32)36-26-34(35-20-10-18-29-19-11-25-44-38(29)35)27-37-39(36)45-43(49-37)33-16-8-3-9-17-33/h1-27H. The number of fused-ring (bicyclic) bond motifs is 2. The van der Waals surface area contributed by atoms with Crippen molar-refractivity contribution < 1.29 is 4.42 Å². The van der Waals surface area contributed by atoms with Gasteiger partial charge in [0.1, 0.15) is 5.52 Å². The van der Waals surface area contributed by atoms with Crippen LogP contribution in [0.15, 0.2) is 168 Å². The summed E-state index contributed by atoms with van der Waals surface area (Å²) in [5, 5.41) is 1.08. The molecule has 0 aliphatic heterocycles. The molecule has 0 spiro atoms. The predicted octanol–water partition coefficient (Wildman–Crippen LogP) is 10.6. The zero-order chi connectivity index (χ0) is 32.6. The molecule has 0 aliphatic rings. The van der Waals surface area contributed by atoms with E-state index in [1.54, 1.807) is 0 Å². The number of hydrogen-bond donors (Lipinski definition) is 0. The van der Waals surface area contributed by atoms with Crippen LogP contribution < -0.4 is 0 Å². The lowest BCUT2D eigenvalue weighted by molar-refractivity contribution is 0.620. The van der Waals surface area contributed by atoms with Gasteiger partial charge >= 0.3 is 0 Å². The highest BCUT2D eigenvalue weighted by molar-refractivity contribution is 6.00. The van der Waals surface area contributed by atoms with E-state index in [1.807, 2.05) is 103 Å². The van der Waals surface area contributed by atoms with E-state index < -0.39 is 0 Å². The Balaban J connectivity index is 1.19. The van der Waals surface area contributed by atoms with Crippen LogP contribution in [0.3, 0.4) is 0 Å². The molecule has 0 unspecified atom stereocenters. The van der Waals surface area contributed by atoms with Gasteiger partial charge in [0.15, 0.2) is 23.1 Å². The van der Waals surface area contributed by atoms with Gasteiger partial charge in [-0.2, -0.15) is 0 Å². The van der Waals surface area contributed by atoms with Gasteiger partial charge in [-0.25, -0.2) is 19.9 Å². The van der Waals surface area contributed by atoms with Gasteiger partial charge in [0.05, 0.1) is 5.52 Å². The van der Waals surface area contributed by atoms with Gasteiger partial charge in [-0.1, -0.05) is 127 Å². The molecular formula is C43H27N5O. The molecule has 6 nitrogen and oxygen atoms in total. The van der Waals surface area contributed by atoms with E-state index in [1.165, 1.54) is 0 Å². The minimum atomic E-state index is 0.578. The van der Waals surface area contributed by atoms with Gasteiger partial charge in [0.2, 0.25) is 5.89 Å². The molecule has 0 saturated heterocycles. The maximum absolute atomic E-state index is 6.44. The summed E-state index contributed by atoms with van der Waals surface area (Å²) < 4.78 is 6.44. The predicted molar refractivity (Wildman–Crippen MR) is 195 cm³/mol. The molecule has 3 aromatic heterocycles. The molecule has 3 heterocycles. The van der Waals surface area contributed by atoms with Crippen LogP contribution in [0.4, 0.5) is 0 Å². The summed E-state index contributed by atoms with van der Waals surface area (Å²) in [5.41, 5.74) is 10.1. The van der Waals surface area contributed by atoms with Crippen LogP contribution in [0, 0.1) is 0 Å². The summed E-state index contributed by atoms with van der Waals surface area (Å²) in [6.45, 7) is 0. The largest absolute Gasteiger partial charge is 0.436 e. The molecule has 6 aromatic carbocycles. The fourth-order valence-electron chi connectivity index (χ4n) is 6.18. The quantitative estimate of drug-likeness (QED) is 0.182. The van der Waals surface area contributed by atoms with Crippen molar-refractivity contribution in [3.63, 3.8) is 0 Å². The molecule has 0 saturated carbocycles. The smallest absolute Gasteiger partial charge is 0.227 e. The summed E-state index contributed by atoms with van der Waals surface area (Å²) in [4.78, 5) is 24.4. The molecule has 9 aromatic rings. The van der Waals surface area contributed by atoms with Gasteiger partial charge < -0.3 is 4.42 Å². The third-order valence-corrected chi connectivity index (χ3v) is 8.61. The van der Waals surface area contributed by atoms with Gasteiger partial charge in [-0.15, -0.1) is 0 Å². The Labute approximate surface area is 282 Å². The first-order valence-corrected chi connectivity index (χ1v) is 16.1. The van der Waals surface area contributed by atoms with Gasteiger partial charge in [0, 0.05) is 45.0 Å². The first-order valence-electron chi connectivity index (χ1n) is 16.1. The summed E-state index contributed by atoms with van der Waals surface area (Å²) in [6.07, 6.45) is 1.83. The van der Waals surface area contributed by atoms with E-state index >= 15 is 0 Å². The van der Waals surface area contributed by atoms with Crippen LogP contribution in [0.25, 0.3) is 89.9 Å². The maximum Gasteiger partial charge on any atom is 0.227 e. The number of rotatable bonds is 6. The zero-order valence-corrected chi connectivity index (χ0v) is 26.2. The molecule has 0 N–H and O–H groups in total. The van der Waals surface area contributed by atoms with Crippen molar-refractivity contribution in [2.45, 2.75) is 0 Å². The Morgan fingerprint density at radius 1 is 0.367 bits per heavy atom. The summed E-state index contributed by atoms with van der Waals surface area (Å²) in [7, 11) is 0. The van der Waals surface area contributed by atoms with E-state index in [0.29, 0.717) is 28.9 Å². The normalized spacial score (nSPS) is 11.3. The zero-order valence-electron chi connectivity index (χ0n) is 26.2. The number of hydrogen-bond acceptors (Lipinski definition) is 6. The van der Waals surface area contributed by atoms with Crippen LogP contribution >= 0.6 is 0 Å². The van der Waals surface area contributed by atoms with Crippen molar-refractivity contribution in [1.82, 2.24) is 24.9 Å². The number of para-hydroxylation sites is 1. The lowest BCUT2D eigenvalue weighted by Gasteiger charge is -2.11. The molecular weight excluding hydrogens is 603 g/mol. The fourth-order valence-corrected chi connectivity index (χ4v) is 6.18. The van der Waals surface area contributed by atoms with E-state index in [0.717, 1.165) is 60.9 Å². The van der Waals surface area contributed by atoms with E-state index in [4.69, 9.17) is 29.3 Å². The highest BCUT2D eigenvalue weighted by atomic mass is 16.3. The van der Waals surface area contributed by atoms with Crippen molar-refractivity contribution >= 4 is 22.0 Å². The Kier molecular flexibility index (Phi) is 7.02. The van der Waals surface area contributed by atoms with Gasteiger partial charge in [-0.3, -0.25) is 4.98 Å². The number of aromatic nitrogens is 5. The van der Waals surface area contributed by atoms with Crippen molar-refractivity contribution in [1.29, 1.82) is 0 Å². The Morgan fingerprint density at radius 2 is 0.918 bits per heavy atom. The van der Waals surface area contributed by atoms with Crippen molar-refractivity contribution in [2.75, 3.05) is 0 Å². The van der Waals surface area contributed by atoms with Crippen LogP contribution in [-0.2, 0) is 0 Å². The lowest BCUT2D eigenvalue weighted by Crippen LogP contribution is -2.00. The summed E-state index contributed by atoms with van der Waals surface area (Å²) in [5.74, 6) is 2.44.